The number of pyridine rings is 1. The van der Waals surface area contributed by atoms with Crippen molar-refractivity contribution < 1.29 is 14.3 Å². The third-order valence-electron chi connectivity index (χ3n) is 8.35. The third-order valence-corrected chi connectivity index (χ3v) is 8.35. The van der Waals surface area contributed by atoms with Gasteiger partial charge in [-0.3, -0.25) is 9.80 Å². The highest BCUT2D eigenvalue weighted by Crippen LogP contribution is 2.30. The molecule has 0 aliphatic carbocycles. The van der Waals surface area contributed by atoms with Crippen molar-refractivity contribution in [2.24, 2.45) is 0 Å². The van der Waals surface area contributed by atoms with Crippen molar-refractivity contribution in [1.82, 2.24) is 19.4 Å². The first kappa shape index (κ1) is 26.7. The van der Waals surface area contributed by atoms with Crippen LogP contribution in [0.3, 0.4) is 0 Å². The van der Waals surface area contributed by atoms with Gasteiger partial charge in [0.05, 0.1) is 25.9 Å². The molecule has 0 spiro atoms. The summed E-state index contributed by atoms with van der Waals surface area (Å²) in [6, 6.07) is 21.2. The van der Waals surface area contributed by atoms with E-state index in [4.69, 9.17) is 14.5 Å². The van der Waals surface area contributed by atoms with Gasteiger partial charge in [0.15, 0.2) is 0 Å². The van der Waals surface area contributed by atoms with Gasteiger partial charge >= 0.3 is 5.97 Å². The van der Waals surface area contributed by atoms with Gasteiger partial charge in [-0.25, -0.2) is 9.78 Å². The molecule has 2 aromatic carbocycles. The molecule has 7 heteroatoms. The summed E-state index contributed by atoms with van der Waals surface area (Å²) < 4.78 is 12.4. The van der Waals surface area contributed by atoms with Crippen molar-refractivity contribution in [3.8, 4) is 0 Å². The van der Waals surface area contributed by atoms with E-state index in [2.05, 4.69) is 63.2 Å². The Kier molecular flexibility index (Phi) is 8.23. The summed E-state index contributed by atoms with van der Waals surface area (Å²) in [7, 11) is 1.40. The van der Waals surface area contributed by atoms with Crippen LogP contribution in [0.15, 0.2) is 73.1 Å². The zero-order chi connectivity index (χ0) is 27.3. The number of nitrogens with zero attached hydrogens (tertiary/aromatic N) is 4. The van der Waals surface area contributed by atoms with Gasteiger partial charge in [-0.05, 0) is 78.4 Å². The molecule has 2 aliphatic rings. The summed E-state index contributed by atoms with van der Waals surface area (Å²) in [5, 5.41) is 1.18. The number of rotatable bonds is 8. The molecular weight excluding hydrogens is 500 g/mol. The average molecular weight is 539 g/mol. The lowest BCUT2D eigenvalue weighted by Gasteiger charge is -2.32. The molecule has 2 fully saturated rings. The Morgan fingerprint density at radius 3 is 2.10 bits per heavy atom. The predicted octanol–water partition coefficient (Wildman–Crippen LogP) is 5.08. The summed E-state index contributed by atoms with van der Waals surface area (Å²) in [5.74, 6) is 0.241. The van der Waals surface area contributed by atoms with E-state index in [-0.39, 0.29) is 5.97 Å². The van der Waals surface area contributed by atoms with E-state index in [0.29, 0.717) is 18.0 Å². The number of aromatic nitrogens is 2. The van der Waals surface area contributed by atoms with Gasteiger partial charge in [0, 0.05) is 50.5 Å². The Morgan fingerprint density at radius 2 is 1.45 bits per heavy atom. The van der Waals surface area contributed by atoms with E-state index in [1.807, 2.05) is 24.3 Å². The van der Waals surface area contributed by atoms with Gasteiger partial charge in [-0.2, -0.15) is 0 Å². The molecule has 0 atom stereocenters. The van der Waals surface area contributed by atoms with E-state index in [1.54, 1.807) is 0 Å². The van der Waals surface area contributed by atoms with Crippen LogP contribution in [0, 0.1) is 0 Å². The molecule has 4 heterocycles. The fraction of sp³-hybridized carbons (Fsp3) is 0.394. The molecule has 0 saturated carbocycles. The topological polar surface area (TPSA) is 59.8 Å². The van der Waals surface area contributed by atoms with Gasteiger partial charge in [0.2, 0.25) is 0 Å². The van der Waals surface area contributed by atoms with Crippen LogP contribution in [-0.2, 0) is 29.1 Å². The Labute approximate surface area is 236 Å². The highest BCUT2D eigenvalue weighted by atomic mass is 16.5. The predicted molar refractivity (Wildman–Crippen MR) is 156 cm³/mol. The van der Waals surface area contributed by atoms with Gasteiger partial charge in [0.25, 0.3) is 0 Å². The fourth-order valence-corrected chi connectivity index (χ4v) is 5.96. The summed E-state index contributed by atoms with van der Waals surface area (Å²) in [4.78, 5) is 21.6. The number of likely N-dealkylation sites (tertiary alicyclic amines) is 1. The first-order chi connectivity index (χ1) is 19.6. The molecule has 0 N–H and O–H groups in total. The molecule has 40 heavy (non-hydrogen) atoms. The second-order valence-electron chi connectivity index (χ2n) is 11.1. The standard InChI is InChI=1S/C33H38N4O3/c1-39-33(38)29-8-6-27(7-9-29)24-37-15-12-30-20-31(21-34-32(30)37)28-10-13-35(14-11-28)22-25-2-4-26(5-3-25)23-36-16-18-40-19-17-36/h2-9,12,15,20-21,28H,10-11,13-14,16-19,22-24H2,1H3. The molecule has 0 unspecified atom stereocenters. The van der Waals surface area contributed by atoms with Crippen molar-refractivity contribution in [3.63, 3.8) is 0 Å². The number of morpholine rings is 1. The maximum atomic E-state index is 11.7. The molecule has 0 bridgehead atoms. The van der Waals surface area contributed by atoms with E-state index < -0.39 is 0 Å². The van der Waals surface area contributed by atoms with E-state index in [0.717, 1.165) is 76.5 Å². The summed E-state index contributed by atoms with van der Waals surface area (Å²) in [5.41, 5.74) is 6.81. The number of fused-ring (bicyclic) bond motifs is 1. The van der Waals surface area contributed by atoms with Crippen LogP contribution >= 0.6 is 0 Å². The number of methoxy groups -OCH3 is 1. The summed E-state index contributed by atoms with van der Waals surface area (Å²) in [6.45, 7) is 8.72. The van der Waals surface area contributed by atoms with Gasteiger partial charge in [-0.1, -0.05) is 36.4 Å². The molecule has 2 saturated heterocycles. The quantitative estimate of drug-likeness (QED) is 0.292. The lowest BCUT2D eigenvalue weighted by molar-refractivity contribution is 0.0342. The molecule has 2 aromatic heterocycles. The third kappa shape index (κ3) is 6.28. The van der Waals surface area contributed by atoms with Crippen LogP contribution in [0.4, 0.5) is 0 Å². The van der Waals surface area contributed by atoms with Crippen LogP contribution in [-0.4, -0.2) is 71.8 Å². The van der Waals surface area contributed by atoms with Gasteiger partial charge in [0.1, 0.15) is 5.65 Å². The fourth-order valence-electron chi connectivity index (χ4n) is 5.96. The number of ether oxygens (including phenoxy) is 2. The molecule has 208 valence electrons. The van der Waals surface area contributed by atoms with Crippen molar-refractivity contribution in [1.29, 1.82) is 0 Å². The maximum Gasteiger partial charge on any atom is 0.337 e. The Bertz CT molecular complexity index is 1420. The molecular formula is C33H38N4O3. The zero-order valence-corrected chi connectivity index (χ0v) is 23.3. The minimum Gasteiger partial charge on any atom is -0.465 e. The van der Waals surface area contributed by atoms with E-state index in [1.165, 1.54) is 29.2 Å². The van der Waals surface area contributed by atoms with E-state index in [9.17, 15) is 4.79 Å². The maximum absolute atomic E-state index is 11.7. The van der Waals surface area contributed by atoms with Crippen LogP contribution in [0.5, 0.6) is 0 Å². The molecule has 6 rings (SSSR count). The number of hydrogen-bond acceptors (Lipinski definition) is 6. The van der Waals surface area contributed by atoms with Crippen LogP contribution in [0.25, 0.3) is 11.0 Å². The molecule has 4 aromatic rings. The molecule has 0 amide bonds. The number of carbonyl (C=O) groups excluding carboxylic acids is 1. The van der Waals surface area contributed by atoms with Crippen molar-refractivity contribution >= 4 is 17.0 Å². The smallest absolute Gasteiger partial charge is 0.337 e. The number of esters is 1. The van der Waals surface area contributed by atoms with Crippen molar-refractivity contribution in [2.45, 2.75) is 38.4 Å². The molecule has 7 nitrogen and oxygen atoms in total. The van der Waals surface area contributed by atoms with Crippen LogP contribution in [0.1, 0.15) is 51.4 Å². The number of piperidine rings is 1. The van der Waals surface area contributed by atoms with Crippen molar-refractivity contribution in [3.05, 3.63) is 101 Å². The minimum absolute atomic E-state index is 0.313. The lowest BCUT2D eigenvalue weighted by Crippen LogP contribution is -2.35. The average Bonchev–Trinajstić information content (AvgIpc) is 3.41. The van der Waals surface area contributed by atoms with Gasteiger partial charge < -0.3 is 14.0 Å². The highest BCUT2D eigenvalue weighted by molar-refractivity contribution is 5.89. The molecule has 0 radical (unpaired) electrons. The monoisotopic (exact) mass is 538 g/mol. The van der Waals surface area contributed by atoms with Crippen molar-refractivity contribution in [2.75, 3.05) is 46.5 Å². The Balaban J connectivity index is 1.02. The highest BCUT2D eigenvalue weighted by Gasteiger charge is 2.22. The molecule has 2 aliphatic heterocycles. The SMILES string of the molecule is COC(=O)c1ccc(Cn2ccc3cc(C4CCN(Cc5ccc(CN6CCOCC6)cc5)CC4)cnc32)cc1. The number of carbonyl (C=O) groups is 1. The largest absolute Gasteiger partial charge is 0.465 e. The minimum atomic E-state index is -0.313. The number of benzene rings is 2. The summed E-state index contributed by atoms with van der Waals surface area (Å²) >= 11 is 0. The Hall–Kier alpha value is -3.52. The normalized spacial score (nSPS) is 17.3. The van der Waals surface area contributed by atoms with Gasteiger partial charge in [-0.15, -0.1) is 0 Å². The number of hydrogen-bond donors (Lipinski definition) is 0. The first-order valence-corrected chi connectivity index (χ1v) is 14.4. The van der Waals surface area contributed by atoms with E-state index >= 15 is 0 Å². The second kappa shape index (κ2) is 12.3. The zero-order valence-electron chi connectivity index (χ0n) is 23.3. The lowest BCUT2D eigenvalue weighted by atomic mass is 9.90. The summed E-state index contributed by atoms with van der Waals surface area (Å²) in [6.07, 6.45) is 6.50. The van der Waals surface area contributed by atoms with Crippen LogP contribution in [0.2, 0.25) is 0 Å². The van der Waals surface area contributed by atoms with Crippen LogP contribution < -0.4 is 0 Å². The first-order valence-electron chi connectivity index (χ1n) is 14.4. The Morgan fingerprint density at radius 1 is 0.850 bits per heavy atom. The second-order valence-corrected chi connectivity index (χ2v) is 11.1.